The number of likely N-dealkylation sites (tertiary alicyclic amines) is 1. The summed E-state index contributed by atoms with van der Waals surface area (Å²) in [6.07, 6.45) is 4.57. The molecule has 2 heterocycles. The third-order valence-corrected chi connectivity index (χ3v) is 5.25. The molecule has 136 valence electrons. The number of rotatable bonds is 3. The van der Waals surface area contributed by atoms with E-state index in [9.17, 15) is 19.1 Å². The topological polar surface area (TPSA) is 75.4 Å². The third-order valence-electron chi connectivity index (χ3n) is 5.25. The highest BCUT2D eigenvalue weighted by Crippen LogP contribution is 2.30. The average Bonchev–Trinajstić information content (AvgIpc) is 3.24. The van der Waals surface area contributed by atoms with Gasteiger partial charge in [-0.25, -0.2) is 13.9 Å². The van der Waals surface area contributed by atoms with E-state index in [1.54, 1.807) is 16.8 Å². The number of nitrogens with zero attached hydrogens (tertiary/aromatic N) is 3. The maximum atomic E-state index is 13.2. The summed E-state index contributed by atoms with van der Waals surface area (Å²) in [5, 5.41) is 14.0. The van der Waals surface area contributed by atoms with Crippen molar-refractivity contribution in [3.8, 4) is 5.69 Å². The number of aliphatic carboxylic acids is 1. The van der Waals surface area contributed by atoms with Crippen LogP contribution < -0.4 is 0 Å². The molecule has 6 nitrogen and oxygen atoms in total. The van der Waals surface area contributed by atoms with Gasteiger partial charge in [0.1, 0.15) is 11.9 Å². The lowest BCUT2D eigenvalue weighted by atomic mass is 10.0. The standard InChI is InChI=1S/C19H20FN3O3/c20-12-7-9-13(10-8-12)23-15-6-3-4-14(15)17(21-23)18(24)22-11-2-1-5-16(22)19(25)26/h7-10,16H,1-6,11H2,(H,25,26). The van der Waals surface area contributed by atoms with Crippen molar-refractivity contribution in [3.05, 3.63) is 47.0 Å². The number of fused-ring (bicyclic) bond motifs is 1. The first-order valence-electron chi connectivity index (χ1n) is 8.97. The van der Waals surface area contributed by atoms with Crippen LogP contribution in [0.4, 0.5) is 4.39 Å². The number of carboxylic acid groups (broad SMARTS) is 1. The van der Waals surface area contributed by atoms with Crippen molar-refractivity contribution < 1.29 is 19.1 Å². The molecule has 1 fully saturated rings. The van der Waals surface area contributed by atoms with E-state index in [1.165, 1.54) is 17.0 Å². The molecular formula is C19H20FN3O3. The van der Waals surface area contributed by atoms with Crippen LogP contribution in [0.25, 0.3) is 5.69 Å². The van der Waals surface area contributed by atoms with E-state index in [4.69, 9.17) is 0 Å². The Bertz CT molecular complexity index is 860. The normalized spacial score (nSPS) is 19.4. The molecule has 1 saturated heterocycles. The van der Waals surface area contributed by atoms with Crippen LogP contribution in [0.15, 0.2) is 24.3 Å². The number of halogens is 1. The molecule has 1 aliphatic heterocycles. The maximum Gasteiger partial charge on any atom is 0.326 e. The van der Waals surface area contributed by atoms with E-state index in [0.29, 0.717) is 24.3 Å². The van der Waals surface area contributed by atoms with Crippen LogP contribution in [-0.2, 0) is 17.6 Å². The minimum absolute atomic E-state index is 0.309. The number of amides is 1. The number of hydrogen-bond donors (Lipinski definition) is 1. The molecule has 0 saturated carbocycles. The van der Waals surface area contributed by atoms with Gasteiger partial charge < -0.3 is 10.0 Å². The SMILES string of the molecule is O=C(O)C1CCCCN1C(=O)c1nn(-c2ccc(F)cc2)c2c1CCC2. The second-order valence-corrected chi connectivity index (χ2v) is 6.86. The molecule has 0 radical (unpaired) electrons. The highest BCUT2D eigenvalue weighted by atomic mass is 19.1. The summed E-state index contributed by atoms with van der Waals surface area (Å²) < 4.78 is 14.9. The van der Waals surface area contributed by atoms with Crippen LogP contribution in [0.2, 0.25) is 0 Å². The molecule has 1 aromatic carbocycles. The molecular weight excluding hydrogens is 337 g/mol. The van der Waals surface area contributed by atoms with Crippen molar-refractivity contribution >= 4 is 11.9 Å². The van der Waals surface area contributed by atoms with E-state index >= 15 is 0 Å². The Kier molecular flexibility index (Phi) is 4.22. The van der Waals surface area contributed by atoms with Crippen LogP contribution in [-0.4, -0.2) is 44.3 Å². The minimum Gasteiger partial charge on any atom is -0.480 e. The highest BCUT2D eigenvalue weighted by Gasteiger charge is 2.36. The Balaban J connectivity index is 1.73. The summed E-state index contributed by atoms with van der Waals surface area (Å²) in [7, 11) is 0. The van der Waals surface area contributed by atoms with Crippen LogP contribution in [0, 0.1) is 5.82 Å². The number of benzene rings is 1. The third kappa shape index (κ3) is 2.77. The Morgan fingerprint density at radius 1 is 1.12 bits per heavy atom. The lowest BCUT2D eigenvalue weighted by molar-refractivity contribution is -0.143. The van der Waals surface area contributed by atoms with Crippen molar-refractivity contribution in [1.82, 2.24) is 14.7 Å². The van der Waals surface area contributed by atoms with Gasteiger partial charge in [0.05, 0.1) is 5.69 Å². The van der Waals surface area contributed by atoms with Gasteiger partial charge in [-0.15, -0.1) is 0 Å². The van der Waals surface area contributed by atoms with Crippen LogP contribution in [0.3, 0.4) is 0 Å². The Morgan fingerprint density at radius 2 is 1.88 bits per heavy atom. The lowest BCUT2D eigenvalue weighted by Crippen LogP contribution is -2.48. The van der Waals surface area contributed by atoms with Crippen molar-refractivity contribution in [1.29, 1.82) is 0 Å². The molecule has 1 unspecified atom stereocenters. The molecule has 7 heteroatoms. The van der Waals surface area contributed by atoms with E-state index in [0.717, 1.165) is 43.4 Å². The summed E-state index contributed by atoms with van der Waals surface area (Å²) in [5.74, 6) is -1.60. The molecule has 1 N–H and O–H groups in total. The van der Waals surface area contributed by atoms with Gasteiger partial charge in [-0.2, -0.15) is 5.10 Å². The van der Waals surface area contributed by atoms with E-state index in [2.05, 4.69) is 5.10 Å². The van der Waals surface area contributed by atoms with Crippen molar-refractivity contribution in [2.24, 2.45) is 0 Å². The Morgan fingerprint density at radius 3 is 2.62 bits per heavy atom. The van der Waals surface area contributed by atoms with Crippen LogP contribution in [0.1, 0.15) is 47.4 Å². The van der Waals surface area contributed by atoms with Gasteiger partial charge >= 0.3 is 5.97 Å². The molecule has 2 aromatic rings. The molecule has 1 aliphatic carbocycles. The fraction of sp³-hybridized carbons (Fsp3) is 0.421. The Hall–Kier alpha value is -2.70. The first-order chi connectivity index (χ1) is 12.6. The quantitative estimate of drug-likeness (QED) is 0.916. The van der Waals surface area contributed by atoms with Gasteiger partial charge in [0.15, 0.2) is 5.69 Å². The fourth-order valence-electron chi connectivity index (χ4n) is 3.97. The first kappa shape index (κ1) is 16.8. The predicted molar refractivity (Wildman–Crippen MR) is 91.9 cm³/mol. The van der Waals surface area contributed by atoms with Gasteiger partial charge in [0, 0.05) is 17.8 Å². The molecule has 2 aliphatic rings. The van der Waals surface area contributed by atoms with Crippen molar-refractivity contribution in [2.45, 2.75) is 44.6 Å². The number of aromatic nitrogens is 2. The zero-order valence-electron chi connectivity index (χ0n) is 14.3. The Labute approximate surface area is 150 Å². The molecule has 1 atom stereocenters. The number of carbonyl (C=O) groups excluding carboxylic acids is 1. The molecule has 0 spiro atoms. The van der Waals surface area contributed by atoms with Gasteiger partial charge in [-0.1, -0.05) is 0 Å². The second kappa shape index (κ2) is 6.55. The zero-order valence-corrected chi connectivity index (χ0v) is 14.3. The summed E-state index contributed by atoms with van der Waals surface area (Å²) in [6, 6.07) is 5.21. The summed E-state index contributed by atoms with van der Waals surface area (Å²) in [6.45, 7) is 0.438. The summed E-state index contributed by atoms with van der Waals surface area (Å²) in [5.41, 5.74) is 2.91. The lowest BCUT2D eigenvalue weighted by Gasteiger charge is -2.32. The smallest absolute Gasteiger partial charge is 0.326 e. The van der Waals surface area contributed by atoms with Gasteiger partial charge in [-0.3, -0.25) is 4.79 Å². The number of hydrogen-bond acceptors (Lipinski definition) is 3. The first-order valence-corrected chi connectivity index (χ1v) is 8.97. The number of carbonyl (C=O) groups is 2. The minimum atomic E-state index is -0.965. The maximum absolute atomic E-state index is 13.2. The average molecular weight is 357 g/mol. The number of carboxylic acids is 1. The van der Waals surface area contributed by atoms with Gasteiger partial charge in [0.25, 0.3) is 5.91 Å². The molecule has 0 bridgehead atoms. The molecule has 26 heavy (non-hydrogen) atoms. The summed E-state index contributed by atoms with van der Waals surface area (Å²) >= 11 is 0. The monoisotopic (exact) mass is 357 g/mol. The van der Waals surface area contributed by atoms with E-state index < -0.39 is 12.0 Å². The van der Waals surface area contributed by atoms with E-state index in [1.807, 2.05) is 0 Å². The molecule has 4 rings (SSSR count). The second-order valence-electron chi connectivity index (χ2n) is 6.86. The number of piperidine rings is 1. The molecule has 1 amide bonds. The molecule has 1 aromatic heterocycles. The zero-order chi connectivity index (χ0) is 18.3. The van der Waals surface area contributed by atoms with Crippen molar-refractivity contribution in [2.75, 3.05) is 6.54 Å². The fourth-order valence-corrected chi connectivity index (χ4v) is 3.97. The van der Waals surface area contributed by atoms with Crippen LogP contribution in [0.5, 0.6) is 0 Å². The van der Waals surface area contributed by atoms with Gasteiger partial charge in [0.2, 0.25) is 0 Å². The van der Waals surface area contributed by atoms with Gasteiger partial charge in [-0.05, 0) is 62.8 Å². The summed E-state index contributed by atoms with van der Waals surface area (Å²) in [4.78, 5) is 26.1. The largest absolute Gasteiger partial charge is 0.480 e. The predicted octanol–water partition coefficient (Wildman–Crippen LogP) is 2.58. The van der Waals surface area contributed by atoms with E-state index in [-0.39, 0.29) is 11.7 Å². The van der Waals surface area contributed by atoms with Crippen molar-refractivity contribution in [3.63, 3.8) is 0 Å². The highest BCUT2D eigenvalue weighted by molar-refractivity contribution is 5.96. The van der Waals surface area contributed by atoms with Crippen LogP contribution >= 0.6 is 0 Å².